The third-order valence-electron chi connectivity index (χ3n) is 2.17. The van der Waals surface area contributed by atoms with Crippen LogP contribution in [0.1, 0.15) is 33.6 Å². The minimum absolute atomic E-state index is 0.352. The number of carbonyl (C=O) groups is 1. The predicted molar refractivity (Wildman–Crippen MR) is 59.7 cm³/mol. The van der Waals surface area contributed by atoms with Crippen molar-refractivity contribution in [3.8, 4) is 0 Å². The van der Waals surface area contributed by atoms with Gasteiger partial charge in [0, 0.05) is 38.7 Å². The van der Waals surface area contributed by atoms with Crippen LogP contribution in [0.15, 0.2) is 12.3 Å². The summed E-state index contributed by atoms with van der Waals surface area (Å²) in [6.45, 7) is 11.4. The monoisotopic (exact) mass is 198 g/mol. The lowest BCUT2D eigenvalue weighted by molar-refractivity contribution is -0.118. The highest BCUT2D eigenvalue weighted by molar-refractivity contribution is 5.78. The third-order valence-corrected chi connectivity index (χ3v) is 2.17. The standard InChI is InChI=1S/C9H16N2O.C2H6/c1-8(2)11-7-5-9(12)4-6-10(11)3;1-2/h1,4-7H2,2-3H3;1-2H3. The molecule has 0 aromatic carbocycles. The van der Waals surface area contributed by atoms with E-state index in [9.17, 15) is 4.79 Å². The molecule has 1 saturated heterocycles. The number of allylic oxidation sites excluding steroid dienone is 1. The highest BCUT2D eigenvalue weighted by atomic mass is 16.1. The highest BCUT2D eigenvalue weighted by Gasteiger charge is 2.17. The van der Waals surface area contributed by atoms with Gasteiger partial charge in [-0.05, 0) is 6.92 Å². The molecule has 0 bridgehead atoms. The molecule has 3 heteroatoms. The topological polar surface area (TPSA) is 23.6 Å². The van der Waals surface area contributed by atoms with Gasteiger partial charge in [-0.15, -0.1) is 0 Å². The van der Waals surface area contributed by atoms with Crippen molar-refractivity contribution in [1.82, 2.24) is 10.0 Å². The third kappa shape index (κ3) is 3.92. The molecule has 1 rings (SSSR count). The van der Waals surface area contributed by atoms with Gasteiger partial charge < -0.3 is 5.01 Å². The molecule has 14 heavy (non-hydrogen) atoms. The van der Waals surface area contributed by atoms with Gasteiger partial charge in [0.05, 0.1) is 0 Å². The average molecular weight is 198 g/mol. The first kappa shape index (κ1) is 13.2. The molecule has 0 saturated carbocycles. The molecule has 1 fully saturated rings. The molecular formula is C11H22N2O. The van der Waals surface area contributed by atoms with E-state index >= 15 is 0 Å². The summed E-state index contributed by atoms with van der Waals surface area (Å²) in [7, 11) is 1.99. The zero-order valence-corrected chi connectivity index (χ0v) is 9.84. The fraction of sp³-hybridized carbons (Fsp3) is 0.727. The summed E-state index contributed by atoms with van der Waals surface area (Å²) in [5.41, 5.74) is 1.01. The smallest absolute Gasteiger partial charge is 0.136 e. The normalized spacial score (nSPS) is 18.3. The SMILES string of the molecule is C=C(C)N1CCC(=O)CCN1C.CC. The molecule has 1 aliphatic rings. The molecule has 0 spiro atoms. The van der Waals surface area contributed by atoms with Gasteiger partial charge in [0.2, 0.25) is 0 Å². The van der Waals surface area contributed by atoms with E-state index in [2.05, 4.69) is 16.6 Å². The van der Waals surface area contributed by atoms with Crippen LogP contribution in [0.5, 0.6) is 0 Å². The molecule has 1 aliphatic heterocycles. The summed E-state index contributed by atoms with van der Waals surface area (Å²) in [5, 5.41) is 4.12. The Kier molecular flexibility index (Phi) is 6.21. The lowest BCUT2D eigenvalue weighted by Crippen LogP contribution is -2.37. The van der Waals surface area contributed by atoms with E-state index < -0.39 is 0 Å². The second-order valence-electron chi connectivity index (χ2n) is 3.28. The fourth-order valence-corrected chi connectivity index (χ4v) is 1.42. The average Bonchev–Trinajstić information content (AvgIpc) is 2.32. The van der Waals surface area contributed by atoms with Crippen LogP contribution in [0.4, 0.5) is 0 Å². The van der Waals surface area contributed by atoms with Gasteiger partial charge in [-0.25, -0.2) is 5.01 Å². The quantitative estimate of drug-likeness (QED) is 0.644. The minimum Gasteiger partial charge on any atom is -0.311 e. The number of nitrogens with zero attached hydrogens (tertiary/aromatic N) is 2. The lowest BCUT2D eigenvalue weighted by Gasteiger charge is -2.31. The van der Waals surface area contributed by atoms with Gasteiger partial charge >= 0.3 is 0 Å². The summed E-state index contributed by atoms with van der Waals surface area (Å²) >= 11 is 0. The van der Waals surface area contributed by atoms with Crippen molar-refractivity contribution < 1.29 is 4.79 Å². The van der Waals surface area contributed by atoms with Crippen LogP contribution in [0.2, 0.25) is 0 Å². The molecule has 0 aromatic rings. The number of hydrogen-bond donors (Lipinski definition) is 0. The first-order chi connectivity index (χ1) is 6.61. The Morgan fingerprint density at radius 2 is 1.79 bits per heavy atom. The van der Waals surface area contributed by atoms with E-state index in [1.807, 2.05) is 27.8 Å². The Labute approximate surface area is 87.4 Å². The van der Waals surface area contributed by atoms with E-state index in [-0.39, 0.29) is 0 Å². The second kappa shape index (κ2) is 6.60. The zero-order valence-electron chi connectivity index (χ0n) is 9.84. The summed E-state index contributed by atoms with van der Waals surface area (Å²) in [6.07, 6.45) is 1.32. The zero-order chi connectivity index (χ0) is 11.1. The van der Waals surface area contributed by atoms with Crippen molar-refractivity contribution >= 4 is 5.78 Å². The van der Waals surface area contributed by atoms with Crippen molar-refractivity contribution in [1.29, 1.82) is 0 Å². The predicted octanol–water partition coefficient (Wildman–Crippen LogP) is 2.06. The summed E-state index contributed by atoms with van der Waals surface area (Å²) in [4.78, 5) is 11.1. The summed E-state index contributed by atoms with van der Waals surface area (Å²) in [6, 6.07) is 0. The Balaban J connectivity index is 0.000000791. The minimum atomic E-state index is 0.352. The maximum Gasteiger partial charge on any atom is 0.136 e. The number of ketones is 1. The maximum absolute atomic E-state index is 11.1. The first-order valence-corrected chi connectivity index (χ1v) is 5.27. The number of carbonyl (C=O) groups excluding carboxylic acids is 1. The van der Waals surface area contributed by atoms with E-state index in [0.717, 1.165) is 18.8 Å². The van der Waals surface area contributed by atoms with Gasteiger partial charge in [0.25, 0.3) is 0 Å². The number of Topliss-reactive ketones (excluding diaryl/α,β-unsaturated/α-hetero) is 1. The van der Waals surface area contributed by atoms with Crippen LogP contribution in [0.3, 0.4) is 0 Å². The largest absolute Gasteiger partial charge is 0.311 e. The maximum atomic E-state index is 11.1. The van der Waals surface area contributed by atoms with E-state index in [0.29, 0.717) is 18.6 Å². The molecule has 3 nitrogen and oxygen atoms in total. The molecule has 0 amide bonds. The van der Waals surface area contributed by atoms with E-state index in [1.165, 1.54) is 0 Å². The van der Waals surface area contributed by atoms with Crippen molar-refractivity contribution in [2.75, 3.05) is 20.1 Å². The van der Waals surface area contributed by atoms with Gasteiger partial charge in [0.15, 0.2) is 0 Å². The Hall–Kier alpha value is -0.830. The molecular weight excluding hydrogens is 176 g/mol. The van der Waals surface area contributed by atoms with Crippen LogP contribution in [0, 0.1) is 0 Å². The van der Waals surface area contributed by atoms with Crippen molar-refractivity contribution in [2.24, 2.45) is 0 Å². The fourth-order valence-electron chi connectivity index (χ4n) is 1.42. The van der Waals surface area contributed by atoms with Gasteiger partial charge in [-0.1, -0.05) is 20.4 Å². The van der Waals surface area contributed by atoms with Crippen LogP contribution >= 0.6 is 0 Å². The number of hydrogen-bond acceptors (Lipinski definition) is 3. The van der Waals surface area contributed by atoms with Crippen LogP contribution in [-0.2, 0) is 4.79 Å². The Morgan fingerprint density at radius 3 is 2.29 bits per heavy atom. The highest BCUT2D eigenvalue weighted by Crippen LogP contribution is 2.11. The van der Waals surface area contributed by atoms with Gasteiger partial charge in [0.1, 0.15) is 5.78 Å². The van der Waals surface area contributed by atoms with Crippen molar-refractivity contribution in [3.63, 3.8) is 0 Å². The van der Waals surface area contributed by atoms with E-state index in [4.69, 9.17) is 0 Å². The van der Waals surface area contributed by atoms with E-state index in [1.54, 1.807) is 0 Å². The molecule has 0 aliphatic carbocycles. The van der Waals surface area contributed by atoms with Gasteiger partial charge in [-0.3, -0.25) is 4.79 Å². The molecule has 1 heterocycles. The number of hydrazine groups is 1. The van der Waals surface area contributed by atoms with Gasteiger partial charge in [-0.2, -0.15) is 0 Å². The summed E-state index contributed by atoms with van der Waals surface area (Å²) in [5.74, 6) is 0.352. The molecule has 82 valence electrons. The Bertz CT molecular complexity index is 201. The molecule has 0 aromatic heterocycles. The second-order valence-corrected chi connectivity index (χ2v) is 3.28. The molecule has 0 N–H and O–H groups in total. The molecule has 0 unspecified atom stereocenters. The lowest BCUT2D eigenvalue weighted by atomic mass is 10.2. The van der Waals surface area contributed by atoms with Crippen LogP contribution < -0.4 is 0 Å². The van der Waals surface area contributed by atoms with Crippen molar-refractivity contribution in [3.05, 3.63) is 12.3 Å². The van der Waals surface area contributed by atoms with Crippen LogP contribution in [-0.4, -0.2) is 35.9 Å². The van der Waals surface area contributed by atoms with Crippen LogP contribution in [0.25, 0.3) is 0 Å². The Morgan fingerprint density at radius 1 is 1.29 bits per heavy atom. The van der Waals surface area contributed by atoms with Crippen molar-refractivity contribution in [2.45, 2.75) is 33.6 Å². The first-order valence-electron chi connectivity index (χ1n) is 5.27. The molecule has 0 atom stereocenters. The summed E-state index contributed by atoms with van der Waals surface area (Å²) < 4.78 is 0. The number of rotatable bonds is 1. The molecule has 0 radical (unpaired) electrons.